The molecule has 0 radical (unpaired) electrons. The van der Waals surface area contributed by atoms with Crippen molar-refractivity contribution in [3.63, 3.8) is 0 Å². The van der Waals surface area contributed by atoms with Gasteiger partial charge in [-0.2, -0.15) is 0 Å². The average Bonchev–Trinajstić information content (AvgIpc) is 2.38. The normalized spacial score (nSPS) is 8.76. The highest BCUT2D eigenvalue weighted by Crippen LogP contribution is 2.05. The van der Waals surface area contributed by atoms with Gasteiger partial charge in [0, 0.05) is 29.0 Å². The lowest BCUT2D eigenvalue weighted by Gasteiger charge is -1.96. The van der Waals surface area contributed by atoms with Gasteiger partial charge < -0.3 is 0 Å². The maximum absolute atomic E-state index is 11.2. The summed E-state index contributed by atoms with van der Waals surface area (Å²) in [7, 11) is 0. The molecule has 0 atom stereocenters. The molecule has 5 heteroatoms. The Labute approximate surface area is 104 Å². The average molecular weight is 248 g/mol. The second kappa shape index (κ2) is 7.34. The van der Waals surface area contributed by atoms with E-state index in [1.165, 1.54) is 0 Å². The Bertz CT molecular complexity index is 493. The van der Waals surface area contributed by atoms with Crippen LogP contribution in [0.15, 0.2) is 29.4 Å². The Hall–Kier alpha value is -1.95. The first-order chi connectivity index (χ1) is 8.27. The first-order valence-corrected chi connectivity index (χ1v) is 5.50. The lowest BCUT2D eigenvalue weighted by Crippen LogP contribution is -1.99. The zero-order valence-corrected chi connectivity index (χ0v) is 9.81. The number of alkyl halides is 1. The number of carbonyl (C=O) groups excluding carboxylic acids is 1. The molecule has 0 saturated carbocycles. The van der Waals surface area contributed by atoms with E-state index in [9.17, 15) is 4.79 Å². The fourth-order valence-electron chi connectivity index (χ4n) is 1.13. The van der Waals surface area contributed by atoms with Gasteiger partial charge in [-0.1, -0.05) is 29.1 Å². The third kappa shape index (κ3) is 4.60. The SMILES string of the molecule is [N-]=[N+]=NCCC#Cc1ccc(C(=O)CCl)cc1. The van der Waals surface area contributed by atoms with Crippen molar-refractivity contribution in [3.05, 3.63) is 45.8 Å². The summed E-state index contributed by atoms with van der Waals surface area (Å²) in [5.41, 5.74) is 9.46. The van der Waals surface area contributed by atoms with Crippen LogP contribution in [-0.2, 0) is 0 Å². The summed E-state index contributed by atoms with van der Waals surface area (Å²) in [5, 5.41) is 3.37. The van der Waals surface area contributed by atoms with Crippen molar-refractivity contribution in [2.45, 2.75) is 6.42 Å². The molecule has 86 valence electrons. The lowest BCUT2D eigenvalue weighted by atomic mass is 10.1. The summed E-state index contributed by atoms with van der Waals surface area (Å²) >= 11 is 5.44. The third-order valence-electron chi connectivity index (χ3n) is 1.96. The van der Waals surface area contributed by atoms with Gasteiger partial charge in [-0.15, -0.1) is 11.6 Å². The molecule has 0 N–H and O–H groups in total. The van der Waals surface area contributed by atoms with E-state index in [0.717, 1.165) is 5.56 Å². The van der Waals surface area contributed by atoms with Crippen LogP contribution in [0.3, 0.4) is 0 Å². The number of hydrogen-bond acceptors (Lipinski definition) is 2. The zero-order chi connectivity index (χ0) is 12.5. The number of ketones is 1. The molecule has 0 amide bonds. The largest absolute Gasteiger partial charge is 0.293 e. The van der Waals surface area contributed by atoms with Gasteiger partial charge in [0.25, 0.3) is 0 Å². The summed E-state index contributed by atoms with van der Waals surface area (Å²) in [6.45, 7) is 0.367. The summed E-state index contributed by atoms with van der Waals surface area (Å²) in [4.78, 5) is 13.9. The fourth-order valence-corrected chi connectivity index (χ4v) is 1.29. The van der Waals surface area contributed by atoms with E-state index >= 15 is 0 Å². The van der Waals surface area contributed by atoms with Crippen LogP contribution >= 0.6 is 11.6 Å². The number of hydrogen-bond donors (Lipinski definition) is 0. The number of halogens is 1. The first kappa shape index (κ1) is 13.1. The molecule has 0 aliphatic rings. The van der Waals surface area contributed by atoms with Crippen molar-refractivity contribution in [2.75, 3.05) is 12.4 Å². The van der Waals surface area contributed by atoms with Crippen LogP contribution in [-0.4, -0.2) is 18.2 Å². The molecule has 0 unspecified atom stereocenters. The van der Waals surface area contributed by atoms with E-state index in [1.807, 2.05) is 0 Å². The van der Waals surface area contributed by atoms with Crippen molar-refractivity contribution in [3.8, 4) is 11.8 Å². The monoisotopic (exact) mass is 247 g/mol. The highest BCUT2D eigenvalue weighted by Gasteiger charge is 2.02. The Morgan fingerprint density at radius 1 is 1.41 bits per heavy atom. The number of benzene rings is 1. The lowest BCUT2D eigenvalue weighted by molar-refractivity contribution is 0.102. The van der Waals surface area contributed by atoms with Crippen LogP contribution in [0, 0.1) is 11.8 Å². The topological polar surface area (TPSA) is 65.8 Å². The number of nitrogens with zero attached hydrogens (tertiary/aromatic N) is 3. The van der Waals surface area contributed by atoms with Gasteiger partial charge in [-0.25, -0.2) is 0 Å². The molecule has 17 heavy (non-hydrogen) atoms. The Kier molecular flexibility index (Phi) is 5.67. The van der Waals surface area contributed by atoms with Gasteiger partial charge in [-0.05, 0) is 17.7 Å². The molecule has 1 aromatic carbocycles. The molecule has 0 bridgehead atoms. The summed E-state index contributed by atoms with van der Waals surface area (Å²) in [6, 6.07) is 6.92. The van der Waals surface area contributed by atoms with Crippen LogP contribution < -0.4 is 0 Å². The molecule has 4 nitrogen and oxygen atoms in total. The van der Waals surface area contributed by atoms with Crippen molar-refractivity contribution < 1.29 is 4.79 Å². The molecule has 0 saturated heterocycles. The minimum absolute atomic E-state index is 0.0167. The van der Waals surface area contributed by atoms with Gasteiger partial charge in [0.1, 0.15) is 0 Å². The van der Waals surface area contributed by atoms with E-state index in [0.29, 0.717) is 18.5 Å². The van der Waals surface area contributed by atoms with Crippen molar-refractivity contribution in [1.29, 1.82) is 0 Å². The van der Waals surface area contributed by atoms with Crippen molar-refractivity contribution >= 4 is 17.4 Å². The summed E-state index contributed by atoms with van der Waals surface area (Å²) in [6.07, 6.45) is 0.520. The fraction of sp³-hybridized carbons (Fsp3) is 0.250. The Morgan fingerprint density at radius 2 is 2.12 bits per heavy atom. The zero-order valence-electron chi connectivity index (χ0n) is 9.06. The van der Waals surface area contributed by atoms with E-state index < -0.39 is 0 Å². The minimum atomic E-state index is -0.102. The van der Waals surface area contributed by atoms with Gasteiger partial charge in [-0.3, -0.25) is 4.79 Å². The standard InChI is InChI=1S/C12H10ClN3O/c13-9-12(17)11-6-4-10(5-7-11)3-1-2-8-15-16-14/h4-7H,2,8-9H2. The van der Waals surface area contributed by atoms with Crippen LogP contribution in [0.4, 0.5) is 0 Å². The van der Waals surface area contributed by atoms with Crippen molar-refractivity contribution in [1.82, 2.24) is 0 Å². The second-order valence-corrected chi connectivity index (χ2v) is 3.41. The molecule has 1 aromatic rings. The predicted molar refractivity (Wildman–Crippen MR) is 67.0 cm³/mol. The molecule has 0 aliphatic heterocycles. The number of rotatable bonds is 4. The van der Waals surface area contributed by atoms with E-state index in [-0.39, 0.29) is 11.7 Å². The van der Waals surface area contributed by atoms with Gasteiger partial charge in [0.2, 0.25) is 0 Å². The van der Waals surface area contributed by atoms with Gasteiger partial charge >= 0.3 is 0 Å². The highest BCUT2D eigenvalue weighted by molar-refractivity contribution is 6.30. The maximum Gasteiger partial charge on any atom is 0.177 e. The molecular weight excluding hydrogens is 238 g/mol. The van der Waals surface area contributed by atoms with E-state index in [4.69, 9.17) is 17.1 Å². The molecule has 0 fully saturated rings. The van der Waals surface area contributed by atoms with Crippen LogP contribution in [0.25, 0.3) is 10.4 Å². The van der Waals surface area contributed by atoms with Crippen LogP contribution in [0.2, 0.25) is 0 Å². The quantitative estimate of drug-likeness (QED) is 0.153. The smallest absolute Gasteiger partial charge is 0.177 e. The number of carbonyl (C=O) groups is 1. The first-order valence-electron chi connectivity index (χ1n) is 4.97. The molecule has 0 aliphatic carbocycles. The Balaban J connectivity index is 2.61. The number of Topliss-reactive ketones (excluding diaryl/α,β-unsaturated/α-hetero) is 1. The molecule has 0 aromatic heterocycles. The molecule has 0 spiro atoms. The van der Waals surface area contributed by atoms with Crippen molar-refractivity contribution in [2.24, 2.45) is 5.11 Å². The molecule has 1 rings (SSSR count). The minimum Gasteiger partial charge on any atom is -0.293 e. The third-order valence-corrected chi connectivity index (χ3v) is 2.20. The molecular formula is C12H10ClN3O. The maximum atomic E-state index is 11.2. The van der Waals surface area contributed by atoms with Crippen LogP contribution in [0.1, 0.15) is 22.3 Å². The second-order valence-electron chi connectivity index (χ2n) is 3.14. The highest BCUT2D eigenvalue weighted by atomic mass is 35.5. The van der Waals surface area contributed by atoms with Gasteiger partial charge in [0.15, 0.2) is 5.78 Å². The van der Waals surface area contributed by atoms with E-state index in [2.05, 4.69) is 21.9 Å². The van der Waals surface area contributed by atoms with Crippen LogP contribution in [0.5, 0.6) is 0 Å². The molecule has 0 heterocycles. The Morgan fingerprint density at radius 3 is 2.71 bits per heavy atom. The predicted octanol–water partition coefficient (Wildman–Crippen LogP) is 3.16. The van der Waals surface area contributed by atoms with Gasteiger partial charge in [0.05, 0.1) is 5.88 Å². The number of azide groups is 1. The summed E-state index contributed by atoms with van der Waals surface area (Å²) in [5.74, 6) is 5.66. The summed E-state index contributed by atoms with van der Waals surface area (Å²) < 4.78 is 0. The van der Waals surface area contributed by atoms with E-state index in [1.54, 1.807) is 24.3 Å².